The van der Waals surface area contributed by atoms with Crippen molar-refractivity contribution in [2.75, 3.05) is 12.4 Å². The standard InChI is InChI=1S/C15H15BrFNO/c1-19-10-12-4-2-3-5-15(12)18-9-11-6-7-13(16)8-14(11)17/h2-8,18H,9-10H2,1H3. The van der Waals surface area contributed by atoms with Crippen LogP contribution in [0.4, 0.5) is 10.1 Å². The molecule has 0 aromatic heterocycles. The normalized spacial score (nSPS) is 10.5. The Morgan fingerprint density at radius 3 is 2.68 bits per heavy atom. The van der Waals surface area contributed by atoms with Crippen molar-refractivity contribution in [1.29, 1.82) is 0 Å². The molecule has 0 spiro atoms. The topological polar surface area (TPSA) is 21.3 Å². The zero-order valence-electron chi connectivity index (χ0n) is 10.6. The summed E-state index contributed by atoms with van der Waals surface area (Å²) in [6.07, 6.45) is 0. The summed E-state index contributed by atoms with van der Waals surface area (Å²) in [6.45, 7) is 0.978. The van der Waals surface area contributed by atoms with Gasteiger partial charge in [-0.2, -0.15) is 0 Å². The van der Waals surface area contributed by atoms with Crippen LogP contribution in [-0.2, 0) is 17.9 Å². The van der Waals surface area contributed by atoms with Crippen molar-refractivity contribution in [2.24, 2.45) is 0 Å². The maximum atomic E-state index is 13.7. The zero-order valence-corrected chi connectivity index (χ0v) is 12.2. The fourth-order valence-corrected chi connectivity index (χ4v) is 2.16. The number of ether oxygens (including phenoxy) is 1. The van der Waals surface area contributed by atoms with E-state index in [-0.39, 0.29) is 5.82 Å². The molecule has 4 heteroatoms. The minimum atomic E-state index is -0.217. The molecule has 0 atom stereocenters. The zero-order chi connectivity index (χ0) is 13.7. The maximum Gasteiger partial charge on any atom is 0.129 e. The van der Waals surface area contributed by atoms with Crippen molar-refractivity contribution >= 4 is 21.6 Å². The molecule has 100 valence electrons. The molecule has 0 saturated carbocycles. The molecule has 2 nitrogen and oxygen atoms in total. The van der Waals surface area contributed by atoms with Gasteiger partial charge < -0.3 is 10.1 Å². The van der Waals surface area contributed by atoms with E-state index in [4.69, 9.17) is 4.74 Å². The smallest absolute Gasteiger partial charge is 0.129 e. The van der Waals surface area contributed by atoms with Gasteiger partial charge in [-0.15, -0.1) is 0 Å². The average Bonchev–Trinajstić information content (AvgIpc) is 2.40. The fourth-order valence-electron chi connectivity index (χ4n) is 1.83. The second kappa shape index (κ2) is 6.68. The number of halogens is 2. The molecule has 0 unspecified atom stereocenters. The first-order valence-corrected chi connectivity index (χ1v) is 6.74. The Kier molecular flexibility index (Phi) is 4.93. The van der Waals surface area contributed by atoms with Gasteiger partial charge in [-0.25, -0.2) is 4.39 Å². The van der Waals surface area contributed by atoms with Gasteiger partial charge in [-0.3, -0.25) is 0 Å². The van der Waals surface area contributed by atoms with Gasteiger partial charge in [-0.05, 0) is 18.2 Å². The van der Waals surface area contributed by atoms with E-state index in [1.54, 1.807) is 13.2 Å². The first-order valence-electron chi connectivity index (χ1n) is 5.95. The van der Waals surface area contributed by atoms with Gasteiger partial charge in [-0.1, -0.05) is 40.2 Å². The molecule has 19 heavy (non-hydrogen) atoms. The molecule has 0 aliphatic heterocycles. The lowest BCUT2D eigenvalue weighted by molar-refractivity contribution is 0.185. The third-order valence-electron chi connectivity index (χ3n) is 2.80. The minimum Gasteiger partial charge on any atom is -0.381 e. The molecule has 0 fully saturated rings. The molecule has 2 aromatic rings. The van der Waals surface area contributed by atoms with Crippen LogP contribution in [0.3, 0.4) is 0 Å². The van der Waals surface area contributed by atoms with E-state index in [0.29, 0.717) is 18.7 Å². The highest BCUT2D eigenvalue weighted by Crippen LogP contribution is 2.19. The lowest BCUT2D eigenvalue weighted by Gasteiger charge is -2.12. The van der Waals surface area contributed by atoms with Crippen LogP contribution in [0.15, 0.2) is 46.9 Å². The van der Waals surface area contributed by atoms with Crippen molar-refractivity contribution < 1.29 is 9.13 Å². The number of anilines is 1. The Morgan fingerprint density at radius 2 is 1.95 bits per heavy atom. The Labute approximate surface area is 120 Å². The van der Waals surface area contributed by atoms with Gasteiger partial charge in [0.05, 0.1) is 6.61 Å². The van der Waals surface area contributed by atoms with Crippen LogP contribution < -0.4 is 5.32 Å². The highest BCUT2D eigenvalue weighted by atomic mass is 79.9. The summed E-state index contributed by atoms with van der Waals surface area (Å²) < 4.78 is 19.6. The molecular formula is C15H15BrFNO. The highest BCUT2D eigenvalue weighted by Gasteiger charge is 2.05. The van der Waals surface area contributed by atoms with Crippen molar-refractivity contribution in [3.05, 3.63) is 63.9 Å². The molecule has 0 aliphatic rings. The molecule has 0 bridgehead atoms. The van der Waals surface area contributed by atoms with Crippen LogP contribution >= 0.6 is 15.9 Å². The molecule has 2 aromatic carbocycles. The number of hydrogen-bond donors (Lipinski definition) is 1. The fraction of sp³-hybridized carbons (Fsp3) is 0.200. The maximum absolute atomic E-state index is 13.7. The van der Waals surface area contributed by atoms with E-state index < -0.39 is 0 Å². The van der Waals surface area contributed by atoms with E-state index in [0.717, 1.165) is 15.7 Å². The van der Waals surface area contributed by atoms with Gasteiger partial charge in [0, 0.05) is 34.9 Å². The Morgan fingerprint density at radius 1 is 1.16 bits per heavy atom. The predicted octanol–water partition coefficient (Wildman–Crippen LogP) is 4.35. The van der Waals surface area contributed by atoms with Gasteiger partial charge in [0.2, 0.25) is 0 Å². The van der Waals surface area contributed by atoms with E-state index in [1.165, 1.54) is 6.07 Å². The first-order chi connectivity index (χ1) is 9.20. The van der Waals surface area contributed by atoms with E-state index in [9.17, 15) is 4.39 Å². The van der Waals surface area contributed by atoms with Crippen molar-refractivity contribution in [2.45, 2.75) is 13.2 Å². The quantitative estimate of drug-likeness (QED) is 0.883. The molecule has 0 radical (unpaired) electrons. The number of para-hydroxylation sites is 1. The van der Waals surface area contributed by atoms with Crippen molar-refractivity contribution in [3.8, 4) is 0 Å². The average molecular weight is 324 g/mol. The second-order valence-electron chi connectivity index (χ2n) is 4.18. The lowest BCUT2D eigenvalue weighted by atomic mass is 10.1. The van der Waals surface area contributed by atoms with Crippen LogP contribution in [0, 0.1) is 5.82 Å². The molecule has 0 saturated heterocycles. The van der Waals surface area contributed by atoms with Gasteiger partial charge in [0.15, 0.2) is 0 Å². The summed E-state index contributed by atoms with van der Waals surface area (Å²) in [5.41, 5.74) is 2.66. The SMILES string of the molecule is COCc1ccccc1NCc1ccc(Br)cc1F. The van der Waals surface area contributed by atoms with Crippen LogP contribution in [0.5, 0.6) is 0 Å². The molecule has 2 rings (SSSR count). The summed E-state index contributed by atoms with van der Waals surface area (Å²) in [7, 11) is 1.66. The van der Waals surface area contributed by atoms with Crippen molar-refractivity contribution in [1.82, 2.24) is 0 Å². The monoisotopic (exact) mass is 323 g/mol. The Bertz CT molecular complexity index is 560. The third-order valence-corrected chi connectivity index (χ3v) is 3.29. The van der Waals surface area contributed by atoms with E-state index in [2.05, 4.69) is 21.2 Å². The van der Waals surface area contributed by atoms with E-state index in [1.807, 2.05) is 30.3 Å². The minimum absolute atomic E-state index is 0.217. The second-order valence-corrected chi connectivity index (χ2v) is 5.10. The summed E-state index contributed by atoms with van der Waals surface area (Å²) in [5.74, 6) is -0.217. The van der Waals surface area contributed by atoms with Crippen LogP contribution in [-0.4, -0.2) is 7.11 Å². The Balaban J connectivity index is 2.10. The molecule has 1 N–H and O–H groups in total. The molecule has 0 aliphatic carbocycles. The lowest BCUT2D eigenvalue weighted by Crippen LogP contribution is -2.04. The number of rotatable bonds is 5. The summed E-state index contributed by atoms with van der Waals surface area (Å²) in [4.78, 5) is 0. The van der Waals surface area contributed by atoms with Gasteiger partial charge >= 0.3 is 0 Å². The summed E-state index contributed by atoms with van der Waals surface area (Å²) in [6, 6.07) is 12.9. The van der Waals surface area contributed by atoms with Crippen LogP contribution in [0.2, 0.25) is 0 Å². The summed E-state index contributed by atoms with van der Waals surface area (Å²) in [5, 5.41) is 3.24. The van der Waals surface area contributed by atoms with Crippen molar-refractivity contribution in [3.63, 3.8) is 0 Å². The number of benzene rings is 2. The first kappa shape index (κ1) is 14.0. The van der Waals surface area contributed by atoms with E-state index >= 15 is 0 Å². The van der Waals surface area contributed by atoms with Crippen LogP contribution in [0.25, 0.3) is 0 Å². The van der Waals surface area contributed by atoms with Crippen LogP contribution in [0.1, 0.15) is 11.1 Å². The summed E-state index contributed by atoms with van der Waals surface area (Å²) >= 11 is 3.25. The largest absolute Gasteiger partial charge is 0.381 e. The molecular weight excluding hydrogens is 309 g/mol. The predicted molar refractivity (Wildman–Crippen MR) is 78.6 cm³/mol. The molecule has 0 heterocycles. The number of hydrogen-bond acceptors (Lipinski definition) is 2. The van der Waals surface area contributed by atoms with Gasteiger partial charge in [0.1, 0.15) is 5.82 Å². The van der Waals surface area contributed by atoms with Gasteiger partial charge in [0.25, 0.3) is 0 Å². The Hall–Kier alpha value is -1.39. The number of nitrogens with one attached hydrogen (secondary N) is 1. The third kappa shape index (κ3) is 3.78. The highest BCUT2D eigenvalue weighted by molar-refractivity contribution is 9.10. The number of methoxy groups -OCH3 is 1. The molecule has 0 amide bonds.